The molecule has 0 aliphatic carbocycles. The smallest absolute Gasteiger partial charge is 0.123 e. The van der Waals surface area contributed by atoms with Gasteiger partial charge in [-0.2, -0.15) is 0 Å². The third kappa shape index (κ3) is 2.84. The Bertz CT molecular complexity index is 317. The minimum Gasteiger partial charge on any atom is -0.496 e. The molecule has 0 spiro atoms. The molecule has 0 heterocycles. The number of methoxy groups -OCH3 is 1. The molecule has 1 rings (SSSR count). The molecular weight excluding hydrogens is 214 g/mol. The average molecular weight is 230 g/mol. The van der Waals surface area contributed by atoms with E-state index in [-0.39, 0.29) is 12.5 Å². The van der Waals surface area contributed by atoms with Crippen LogP contribution in [0.2, 0.25) is 5.02 Å². The van der Waals surface area contributed by atoms with Gasteiger partial charge in [-0.15, -0.1) is 0 Å². The molecule has 3 nitrogen and oxygen atoms in total. The molecular formula is C11H16ClNO2. The van der Waals surface area contributed by atoms with E-state index >= 15 is 0 Å². The quantitative estimate of drug-likeness (QED) is 0.809. The second-order valence-electron chi connectivity index (χ2n) is 3.30. The van der Waals surface area contributed by atoms with Crippen molar-refractivity contribution in [2.24, 2.45) is 5.73 Å². The van der Waals surface area contributed by atoms with Crippen molar-refractivity contribution >= 4 is 11.6 Å². The maximum Gasteiger partial charge on any atom is 0.123 e. The van der Waals surface area contributed by atoms with Crippen molar-refractivity contribution < 1.29 is 9.84 Å². The van der Waals surface area contributed by atoms with Crippen molar-refractivity contribution in [1.82, 2.24) is 0 Å². The molecule has 0 aliphatic rings. The molecule has 3 N–H and O–H groups in total. The van der Waals surface area contributed by atoms with Gasteiger partial charge in [0.2, 0.25) is 0 Å². The number of hydrogen-bond donors (Lipinski definition) is 2. The molecule has 1 aromatic rings. The molecule has 0 saturated heterocycles. The molecule has 0 saturated carbocycles. The Labute approximate surface area is 94.8 Å². The molecule has 0 radical (unpaired) electrons. The summed E-state index contributed by atoms with van der Waals surface area (Å²) in [6.07, 6.45) is 0.594. The van der Waals surface area contributed by atoms with E-state index in [0.717, 1.165) is 11.3 Å². The van der Waals surface area contributed by atoms with E-state index in [9.17, 15) is 0 Å². The molecule has 4 heteroatoms. The predicted octanol–water partition coefficient (Wildman–Crippen LogP) is 1.77. The number of aliphatic hydroxyl groups is 1. The summed E-state index contributed by atoms with van der Waals surface area (Å²) in [6, 6.07) is 5.48. The van der Waals surface area contributed by atoms with Crippen LogP contribution >= 0.6 is 11.6 Å². The lowest BCUT2D eigenvalue weighted by molar-refractivity contribution is 0.275. The molecule has 0 fully saturated rings. The highest BCUT2D eigenvalue weighted by atomic mass is 35.5. The van der Waals surface area contributed by atoms with Gasteiger partial charge in [0.1, 0.15) is 5.75 Å². The van der Waals surface area contributed by atoms with Crippen LogP contribution in [0, 0.1) is 0 Å². The molecule has 0 aromatic heterocycles. The lowest BCUT2D eigenvalue weighted by Gasteiger charge is -2.18. The van der Waals surface area contributed by atoms with Crippen LogP contribution < -0.4 is 10.5 Å². The summed E-state index contributed by atoms with van der Waals surface area (Å²) >= 11 is 6.10. The third-order valence-electron chi connectivity index (χ3n) is 2.40. The van der Waals surface area contributed by atoms with Crippen LogP contribution in [-0.2, 0) is 0 Å². The summed E-state index contributed by atoms with van der Waals surface area (Å²) in [5.41, 5.74) is 6.55. The zero-order valence-electron chi connectivity index (χ0n) is 8.74. The van der Waals surface area contributed by atoms with Crippen molar-refractivity contribution in [2.75, 3.05) is 20.3 Å². The SMILES string of the molecule is COc1cccc(Cl)c1C(CN)CCO. The third-order valence-corrected chi connectivity index (χ3v) is 2.73. The zero-order chi connectivity index (χ0) is 11.3. The minimum atomic E-state index is 0.0404. The molecule has 1 aromatic carbocycles. The Balaban J connectivity index is 3.08. The summed E-state index contributed by atoms with van der Waals surface area (Å²) in [5, 5.41) is 9.58. The Morgan fingerprint density at radius 2 is 2.27 bits per heavy atom. The zero-order valence-corrected chi connectivity index (χ0v) is 9.50. The number of halogens is 1. The minimum absolute atomic E-state index is 0.0404. The lowest BCUT2D eigenvalue weighted by Crippen LogP contribution is -2.15. The van der Waals surface area contributed by atoms with Gasteiger partial charge < -0.3 is 15.6 Å². The number of hydrogen-bond acceptors (Lipinski definition) is 3. The van der Waals surface area contributed by atoms with E-state index in [1.165, 1.54) is 0 Å². The van der Waals surface area contributed by atoms with E-state index in [2.05, 4.69) is 0 Å². The maximum atomic E-state index is 8.94. The second kappa shape index (κ2) is 5.95. The second-order valence-corrected chi connectivity index (χ2v) is 3.71. The Kier molecular flexibility index (Phi) is 4.88. The van der Waals surface area contributed by atoms with Gasteiger partial charge in [0, 0.05) is 23.1 Å². The van der Waals surface area contributed by atoms with Crippen LogP contribution in [0.5, 0.6) is 5.75 Å². The van der Waals surface area contributed by atoms with Crippen LogP contribution in [0.3, 0.4) is 0 Å². The maximum absolute atomic E-state index is 8.94. The Morgan fingerprint density at radius 3 is 2.80 bits per heavy atom. The fraction of sp³-hybridized carbons (Fsp3) is 0.455. The number of aliphatic hydroxyl groups excluding tert-OH is 1. The Morgan fingerprint density at radius 1 is 1.53 bits per heavy atom. The van der Waals surface area contributed by atoms with Crippen LogP contribution in [-0.4, -0.2) is 25.4 Å². The summed E-state index contributed by atoms with van der Waals surface area (Å²) in [7, 11) is 1.60. The van der Waals surface area contributed by atoms with Gasteiger partial charge in [-0.05, 0) is 25.1 Å². The summed E-state index contributed by atoms with van der Waals surface area (Å²) in [5.74, 6) is 0.769. The van der Waals surface area contributed by atoms with Crippen LogP contribution in [0.4, 0.5) is 0 Å². The number of ether oxygens (including phenoxy) is 1. The van der Waals surface area contributed by atoms with Crippen molar-refractivity contribution in [3.05, 3.63) is 28.8 Å². The van der Waals surface area contributed by atoms with Gasteiger partial charge >= 0.3 is 0 Å². The largest absolute Gasteiger partial charge is 0.496 e. The Hall–Kier alpha value is -0.770. The first kappa shape index (κ1) is 12.3. The molecule has 0 aliphatic heterocycles. The van der Waals surface area contributed by atoms with E-state index in [4.69, 9.17) is 27.2 Å². The van der Waals surface area contributed by atoms with Gasteiger partial charge in [0.25, 0.3) is 0 Å². The monoisotopic (exact) mass is 229 g/mol. The predicted molar refractivity (Wildman–Crippen MR) is 61.5 cm³/mol. The van der Waals surface area contributed by atoms with Crippen LogP contribution in [0.15, 0.2) is 18.2 Å². The van der Waals surface area contributed by atoms with E-state index in [1.54, 1.807) is 13.2 Å². The average Bonchev–Trinajstić information content (AvgIpc) is 2.26. The molecule has 0 bridgehead atoms. The molecule has 1 atom stereocenters. The van der Waals surface area contributed by atoms with Gasteiger partial charge in [0.15, 0.2) is 0 Å². The van der Waals surface area contributed by atoms with E-state index in [1.807, 2.05) is 12.1 Å². The fourth-order valence-corrected chi connectivity index (χ4v) is 1.95. The lowest BCUT2D eigenvalue weighted by atomic mass is 9.95. The highest BCUT2D eigenvalue weighted by Gasteiger charge is 2.17. The van der Waals surface area contributed by atoms with Crippen molar-refractivity contribution in [3.63, 3.8) is 0 Å². The molecule has 15 heavy (non-hydrogen) atoms. The van der Waals surface area contributed by atoms with Crippen LogP contribution in [0.25, 0.3) is 0 Å². The first-order chi connectivity index (χ1) is 7.24. The molecule has 84 valence electrons. The van der Waals surface area contributed by atoms with E-state index in [0.29, 0.717) is 18.0 Å². The first-order valence-corrected chi connectivity index (χ1v) is 5.25. The fourth-order valence-electron chi connectivity index (χ4n) is 1.63. The van der Waals surface area contributed by atoms with Gasteiger partial charge in [-0.25, -0.2) is 0 Å². The summed E-state index contributed by atoms with van der Waals surface area (Å²) in [4.78, 5) is 0. The van der Waals surface area contributed by atoms with Gasteiger partial charge in [0.05, 0.1) is 7.11 Å². The normalized spacial score (nSPS) is 12.5. The number of nitrogens with two attached hydrogens (primary N) is 1. The first-order valence-electron chi connectivity index (χ1n) is 4.88. The highest BCUT2D eigenvalue weighted by Crippen LogP contribution is 2.34. The number of benzene rings is 1. The standard InChI is InChI=1S/C11H16ClNO2/c1-15-10-4-2-3-9(12)11(10)8(7-13)5-6-14/h2-4,8,14H,5-7,13H2,1H3. The summed E-state index contributed by atoms with van der Waals surface area (Å²) < 4.78 is 5.23. The molecule has 0 amide bonds. The summed E-state index contributed by atoms with van der Waals surface area (Å²) in [6.45, 7) is 0.539. The number of rotatable bonds is 5. The van der Waals surface area contributed by atoms with E-state index < -0.39 is 0 Å². The highest BCUT2D eigenvalue weighted by molar-refractivity contribution is 6.31. The van der Waals surface area contributed by atoms with Crippen molar-refractivity contribution in [3.8, 4) is 5.75 Å². The molecule has 1 unspecified atom stereocenters. The van der Waals surface area contributed by atoms with Gasteiger partial charge in [-0.1, -0.05) is 17.7 Å². The topological polar surface area (TPSA) is 55.5 Å². The van der Waals surface area contributed by atoms with Crippen molar-refractivity contribution in [2.45, 2.75) is 12.3 Å². The van der Waals surface area contributed by atoms with Crippen molar-refractivity contribution in [1.29, 1.82) is 0 Å². The van der Waals surface area contributed by atoms with Gasteiger partial charge in [-0.3, -0.25) is 0 Å². The van der Waals surface area contributed by atoms with Crippen LogP contribution in [0.1, 0.15) is 17.9 Å².